The van der Waals surface area contributed by atoms with Gasteiger partial charge in [0.1, 0.15) is 0 Å². The van der Waals surface area contributed by atoms with Crippen molar-refractivity contribution in [3.05, 3.63) is 33.3 Å². The minimum absolute atomic E-state index is 0.0312. The molecule has 0 aliphatic heterocycles. The Bertz CT molecular complexity index is 429. The van der Waals surface area contributed by atoms with Gasteiger partial charge in [0.05, 0.1) is 5.02 Å². The fourth-order valence-electron chi connectivity index (χ4n) is 2.37. The highest BCUT2D eigenvalue weighted by atomic mass is 79.9. The van der Waals surface area contributed by atoms with Gasteiger partial charge in [-0.2, -0.15) is 0 Å². The maximum absolute atomic E-state index is 13.0. The average molecular weight is 353 g/mol. The first-order chi connectivity index (χ1) is 8.96. The first-order valence-corrected chi connectivity index (χ1v) is 7.66. The highest BCUT2D eigenvalue weighted by molar-refractivity contribution is 9.10. The van der Waals surface area contributed by atoms with Crippen LogP contribution in [0.1, 0.15) is 31.2 Å². The van der Waals surface area contributed by atoms with E-state index < -0.39 is 5.92 Å². The molecule has 5 heteroatoms. The Morgan fingerprint density at radius 2 is 2.00 bits per heavy atom. The quantitative estimate of drug-likeness (QED) is 0.802. The fourth-order valence-corrected chi connectivity index (χ4v) is 2.82. The van der Waals surface area contributed by atoms with Crippen molar-refractivity contribution in [3.8, 4) is 0 Å². The summed E-state index contributed by atoms with van der Waals surface area (Å²) in [4.78, 5) is 0. The maximum Gasteiger partial charge on any atom is 0.248 e. The lowest BCUT2D eigenvalue weighted by Gasteiger charge is -2.28. The molecule has 0 saturated heterocycles. The Balaban J connectivity index is 1.73. The van der Waals surface area contributed by atoms with Crippen LogP contribution >= 0.6 is 27.5 Å². The van der Waals surface area contributed by atoms with Crippen LogP contribution in [-0.2, 0) is 6.54 Å². The van der Waals surface area contributed by atoms with Crippen molar-refractivity contribution in [3.63, 3.8) is 0 Å². The van der Waals surface area contributed by atoms with E-state index in [1.165, 1.54) is 0 Å². The third kappa shape index (κ3) is 4.69. The fraction of sp³-hybridized carbons (Fsp3) is 0.571. The van der Waals surface area contributed by atoms with Crippen LogP contribution in [0.25, 0.3) is 0 Å². The van der Waals surface area contributed by atoms with Crippen molar-refractivity contribution in [1.82, 2.24) is 5.32 Å². The highest BCUT2D eigenvalue weighted by Crippen LogP contribution is 2.35. The summed E-state index contributed by atoms with van der Waals surface area (Å²) in [5, 5.41) is 4.02. The van der Waals surface area contributed by atoms with Gasteiger partial charge in [0.25, 0.3) is 0 Å². The molecule has 1 aromatic carbocycles. The third-order valence-corrected chi connectivity index (χ3v) is 4.82. The van der Waals surface area contributed by atoms with E-state index in [4.69, 9.17) is 11.6 Å². The van der Waals surface area contributed by atoms with Gasteiger partial charge in [-0.15, -0.1) is 0 Å². The van der Waals surface area contributed by atoms with Gasteiger partial charge in [0.15, 0.2) is 0 Å². The van der Waals surface area contributed by atoms with Crippen molar-refractivity contribution in [1.29, 1.82) is 0 Å². The van der Waals surface area contributed by atoms with Gasteiger partial charge in [0.2, 0.25) is 5.92 Å². The molecular weight excluding hydrogens is 336 g/mol. The molecule has 2 rings (SSSR count). The summed E-state index contributed by atoms with van der Waals surface area (Å²) in [5.74, 6) is -2.07. The highest BCUT2D eigenvalue weighted by Gasteiger charge is 2.34. The monoisotopic (exact) mass is 351 g/mol. The lowest BCUT2D eigenvalue weighted by Crippen LogP contribution is -2.30. The molecule has 0 unspecified atom stereocenters. The first kappa shape index (κ1) is 15.2. The zero-order valence-corrected chi connectivity index (χ0v) is 12.9. The zero-order valence-electron chi connectivity index (χ0n) is 10.6. The van der Waals surface area contributed by atoms with E-state index in [2.05, 4.69) is 21.2 Å². The number of nitrogens with one attached hydrogen (secondary N) is 1. The van der Waals surface area contributed by atoms with E-state index in [0.29, 0.717) is 23.8 Å². The number of alkyl halides is 2. The minimum Gasteiger partial charge on any atom is -0.312 e. The van der Waals surface area contributed by atoms with E-state index in [9.17, 15) is 8.78 Å². The molecule has 1 aliphatic carbocycles. The lowest BCUT2D eigenvalue weighted by atomic mass is 9.87. The lowest BCUT2D eigenvalue weighted by molar-refractivity contribution is -0.0455. The number of rotatable bonds is 4. The zero-order chi connectivity index (χ0) is 13.9. The summed E-state index contributed by atoms with van der Waals surface area (Å²) in [5.41, 5.74) is 1.11. The van der Waals surface area contributed by atoms with Gasteiger partial charge in [-0.05, 0) is 58.9 Å². The molecular formula is C14H17BrClF2N. The molecule has 1 saturated carbocycles. The Morgan fingerprint density at radius 3 is 2.63 bits per heavy atom. The van der Waals surface area contributed by atoms with E-state index in [-0.39, 0.29) is 12.8 Å². The molecule has 1 nitrogen and oxygen atoms in total. The molecule has 1 aromatic rings. The molecule has 106 valence electrons. The summed E-state index contributed by atoms with van der Waals surface area (Å²) < 4.78 is 26.9. The third-order valence-electron chi connectivity index (χ3n) is 3.58. The molecule has 1 aliphatic rings. The Hall–Kier alpha value is -0.190. The summed E-state index contributed by atoms with van der Waals surface area (Å²) in [6, 6.07) is 5.83. The standard InChI is InChI=1S/C14H17BrClF2N/c15-12-2-1-11(7-13(12)16)9-19-8-10-3-5-14(17,18)6-4-10/h1-2,7,10,19H,3-6,8-9H2. The molecule has 0 aromatic heterocycles. The minimum atomic E-state index is -2.43. The average Bonchev–Trinajstić information content (AvgIpc) is 2.36. The predicted molar refractivity (Wildman–Crippen MR) is 77.8 cm³/mol. The van der Waals surface area contributed by atoms with Crippen LogP contribution in [-0.4, -0.2) is 12.5 Å². The second kappa shape index (κ2) is 6.51. The summed E-state index contributed by atoms with van der Waals surface area (Å²) in [6.07, 6.45) is 1.29. The van der Waals surface area contributed by atoms with Crippen LogP contribution < -0.4 is 5.32 Å². The van der Waals surface area contributed by atoms with E-state index in [0.717, 1.165) is 23.1 Å². The van der Waals surface area contributed by atoms with E-state index >= 15 is 0 Å². The largest absolute Gasteiger partial charge is 0.312 e. The molecule has 1 fully saturated rings. The summed E-state index contributed by atoms with van der Waals surface area (Å²) in [6.45, 7) is 1.52. The molecule has 0 bridgehead atoms. The normalized spacial score (nSPS) is 19.6. The molecule has 19 heavy (non-hydrogen) atoms. The summed E-state index contributed by atoms with van der Waals surface area (Å²) in [7, 11) is 0. The van der Waals surface area contributed by atoms with Crippen LogP contribution in [0.4, 0.5) is 8.78 Å². The number of halogens is 4. The van der Waals surface area contributed by atoms with Crippen molar-refractivity contribution in [2.45, 2.75) is 38.2 Å². The Morgan fingerprint density at radius 1 is 1.32 bits per heavy atom. The van der Waals surface area contributed by atoms with Gasteiger partial charge in [-0.25, -0.2) is 8.78 Å². The Kier molecular flexibility index (Phi) is 5.21. The second-order valence-electron chi connectivity index (χ2n) is 5.18. The number of hydrogen-bond donors (Lipinski definition) is 1. The molecule has 0 spiro atoms. The number of benzene rings is 1. The van der Waals surface area contributed by atoms with Crippen LogP contribution in [0, 0.1) is 5.92 Å². The van der Waals surface area contributed by atoms with Gasteiger partial charge in [0, 0.05) is 23.9 Å². The second-order valence-corrected chi connectivity index (χ2v) is 6.44. The number of hydrogen-bond acceptors (Lipinski definition) is 1. The molecule has 0 radical (unpaired) electrons. The van der Waals surface area contributed by atoms with Gasteiger partial charge in [-0.3, -0.25) is 0 Å². The van der Waals surface area contributed by atoms with Gasteiger partial charge in [-0.1, -0.05) is 17.7 Å². The van der Waals surface area contributed by atoms with Gasteiger partial charge < -0.3 is 5.32 Å². The van der Waals surface area contributed by atoms with Crippen molar-refractivity contribution in [2.75, 3.05) is 6.54 Å². The van der Waals surface area contributed by atoms with Crippen LogP contribution in [0.2, 0.25) is 5.02 Å². The Labute approximate surface area is 125 Å². The van der Waals surface area contributed by atoms with Crippen LogP contribution in [0.15, 0.2) is 22.7 Å². The van der Waals surface area contributed by atoms with Crippen molar-refractivity contribution in [2.24, 2.45) is 5.92 Å². The molecule has 0 heterocycles. The van der Waals surface area contributed by atoms with E-state index in [1.54, 1.807) is 0 Å². The summed E-state index contributed by atoms with van der Waals surface area (Å²) >= 11 is 9.36. The molecule has 0 amide bonds. The first-order valence-electron chi connectivity index (χ1n) is 6.49. The maximum atomic E-state index is 13.0. The van der Waals surface area contributed by atoms with E-state index in [1.807, 2.05) is 18.2 Å². The van der Waals surface area contributed by atoms with Gasteiger partial charge >= 0.3 is 0 Å². The van der Waals surface area contributed by atoms with Crippen LogP contribution in [0.3, 0.4) is 0 Å². The predicted octanol–water partition coefficient (Wildman–Crippen LogP) is 5.02. The molecule has 0 atom stereocenters. The SMILES string of the molecule is FC1(F)CCC(CNCc2ccc(Br)c(Cl)c2)CC1. The smallest absolute Gasteiger partial charge is 0.248 e. The van der Waals surface area contributed by atoms with Crippen LogP contribution in [0.5, 0.6) is 0 Å². The van der Waals surface area contributed by atoms with Crippen molar-refractivity contribution < 1.29 is 8.78 Å². The topological polar surface area (TPSA) is 12.0 Å². The van der Waals surface area contributed by atoms with Crippen molar-refractivity contribution >= 4 is 27.5 Å². The molecule has 1 N–H and O–H groups in total.